The van der Waals surface area contributed by atoms with Crippen molar-refractivity contribution < 1.29 is 9.53 Å². The molecule has 0 saturated heterocycles. The van der Waals surface area contributed by atoms with Gasteiger partial charge in [0, 0.05) is 19.6 Å². The van der Waals surface area contributed by atoms with Gasteiger partial charge in [-0.2, -0.15) is 0 Å². The first-order valence-corrected chi connectivity index (χ1v) is 10.1. The topological polar surface area (TPSA) is 67.9 Å². The summed E-state index contributed by atoms with van der Waals surface area (Å²) in [6, 6.07) is 6.69. The van der Waals surface area contributed by atoms with Crippen LogP contribution in [0.25, 0.3) is 0 Å². The summed E-state index contributed by atoms with van der Waals surface area (Å²) in [5, 5.41) is 0. The van der Waals surface area contributed by atoms with E-state index >= 15 is 0 Å². The van der Waals surface area contributed by atoms with E-state index in [1.165, 1.54) is 11.1 Å². The maximum absolute atomic E-state index is 13.6. The Hall–Kier alpha value is -1.88. The highest BCUT2D eigenvalue weighted by Crippen LogP contribution is 2.61. The van der Waals surface area contributed by atoms with Crippen LogP contribution in [0, 0.1) is 11.3 Å². The molecule has 0 aromatic heterocycles. The third-order valence-electron chi connectivity index (χ3n) is 6.97. The molecule has 0 radical (unpaired) electrons. The van der Waals surface area contributed by atoms with Crippen molar-refractivity contribution in [2.45, 2.75) is 64.0 Å². The van der Waals surface area contributed by atoms with E-state index in [4.69, 9.17) is 15.5 Å². The molecule has 5 heteroatoms. The molecule has 1 aromatic rings. The van der Waals surface area contributed by atoms with Crippen molar-refractivity contribution in [2.75, 3.05) is 14.2 Å². The van der Waals surface area contributed by atoms with E-state index in [1.807, 2.05) is 0 Å². The summed E-state index contributed by atoms with van der Waals surface area (Å²) in [5.41, 5.74) is 8.77. The predicted octanol–water partition coefficient (Wildman–Crippen LogP) is 3.00. The van der Waals surface area contributed by atoms with Crippen molar-refractivity contribution in [3.05, 3.63) is 34.9 Å². The standard InChI is InChI=1S/C22H31N3O2/c1-14(2)11-15-5-6-16-13-21(9-7-17(27-4)8-10-21)22(18(16)12-15)19(26)25(3)20(23)24-22/h5-6,12,14,17H,7-11,13H2,1-4H3,(H2,23,24)/t17?,21?,22-/m0/s1. The largest absolute Gasteiger partial charge is 0.381 e. The summed E-state index contributed by atoms with van der Waals surface area (Å²) in [5.74, 6) is 0.952. The van der Waals surface area contributed by atoms with Crippen molar-refractivity contribution >= 4 is 11.9 Å². The van der Waals surface area contributed by atoms with Gasteiger partial charge in [0.1, 0.15) is 0 Å². The number of guanidine groups is 1. The van der Waals surface area contributed by atoms with Crippen LogP contribution in [-0.4, -0.2) is 37.0 Å². The zero-order valence-corrected chi connectivity index (χ0v) is 16.9. The van der Waals surface area contributed by atoms with Gasteiger partial charge in [-0.1, -0.05) is 32.0 Å². The predicted molar refractivity (Wildman–Crippen MR) is 106 cm³/mol. The number of hydrogen-bond donors (Lipinski definition) is 1. The molecule has 2 aliphatic carbocycles. The van der Waals surface area contributed by atoms with Gasteiger partial charge in [0.15, 0.2) is 11.5 Å². The number of aliphatic imine (C=N–C) groups is 1. The third-order valence-corrected chi connectivity index (χ3v) is 6.97. The SMILES string of the molecule is COC1CCC2(CC1)Cc1ccc(CC(C)C)cc1[C@@]21N=C(N)N(C)C1=O. The van der Waals surface area contributed by atoms with Crippen LogP contribution in [0.15, 0.2) is 23.2 Å². The molecule has 146 valence electrons. The normalized spacial score (nSPS) is 32.6. The fourth-order valence-corrected chi connectivity index (χ4v) is 5.57. The Kier molecular flexibility index (Phi) is 4.34. The number of hydrogen-bond acceptors (Lipinski definition) is 4. The number of nitrogens with two attached hydrogens (primary N) is 1. The number of amides is 1. The Morgan fingerprint density at radius 1 is 1.33 bits per heavy atom. The molecule has 1 aromatic carbocycles. The molecule has 1 heterocycles. The van der Waals surface area contributed by atoms with Gasteiger partial charge in [0.25, 0.3) is 5.91 Å². The van der Waals surface area contributed by atoms with E-state index in [2.05, 4.69) is 32.0 Å². The first kappa shape index (κ1) is 18.5. The molecule has 1 amide bonds. The van der Waals surface area contributed by atoms with E-state index in [0.717, 1.165) is 44.1 Å². The van der Waals surface area contributed by atoms with Crippen molar-refractivity contribution in [1.82, 2.24) is 4.90 Å². The molecule has 1 fully saturated rings. The number of benzene rings is 1. The van der Waals surface area contributed by atoms with E-state index < -0.39 is 5.54 Å². The lowest BCUT2D eigenvalue weighted by atomic mass is 9.61. The average Bonchev–Trinajstić information content (AvgIpc) is 3.03. The van der Waals surface area contributed by atoms with Gasteiger partial charge in [-0.15, -0.1) is 0 Å². The third kappa shape index (κ3) is 2.54. The highest BCUT2D eigenvalue weighted by Gasteiger charge is 2.66. The quantitative estimate of drug-likeness (QED) is 0.890. The molecule has 0 unspecified atom stereocenters. The van der Waals surface area contributed by atoms with Crippen LogP contribution >= 0.6 is 0 Å². The summed E-state index contributed by atoms with van der Waals surface area (Å²) < 4.78 is 5.60. The van der Waals surface area contributed by atoms with Crippen LogP contribution in [0.1, 0.15) is 56.2 Å². The number of fused-ring (bicyclic) bond motifs is 3. The number of carbonyl (C=O) groups is 1. The average molecular weight is 370 g/mol. The molecule has 2 spiro atoms. The minimum absolute atomic E-state index is 0.0383. The van der Waals surface area contributed by atoms with Crippen LogP contribution in [0.3, 0.4) is 0 Å². The molecule has 1 saturated carbocycles. The highest BCUT2D eigenvalue weighted by molar-refractivity contribution is 6.08. The van der Waals surface area contributed by atoms with Gasteiger partial charge in [-0.05, 0) is 61.1 Å². The molecule has 5 nitrogen and oxygen atoms in total. The van der Waals surface area contributed by atoms with Crippen LogP contribution in [0.4, 0.5) is 0 Å². The van der Waals surface area contributed by atoms with Crippen LogP contribution in [-0.2, 0) is 27.9 Å². The van der Waals surface area contributed by atoms with Gasteiger partial charge in [0.05, 0.1) is 6.10 Å². The second-order valence-electron chi connectivity index (χ2n) is 9.03. The van der Waals surface area contributed by atoms with Gasteiger partial charge in [-0.25, -0.2) is 4.99 Å². The van der Waals surface area contributed by atoms with Crippen molar-refractivity contribution in [2.24, 2.45) is 22.1 Å². The first-order chi connectivity index (χ1) is 12.8. The number of nitrogens with zero attached hydrogens (tertiary/aromatic N) is 2. The lowest BCUT2D eigenvalue weighted by molar-refractivity contribution is -0.137. The maximum atomic E-state index is 13.6. The lowest BCUT2D eigenvalue weighted by Crippen LogP contribution is -2.51. The zero-order chi connectivity index (χ0) is 19.4. The molecule has 4 rings (SSSR count). The molecular weight excluding hydrogens is 338 g/mol. The fourth-order valence-electron chi connectivity index (χ4n) is 5.57. The van der Waals surface area contributed by atoms with Gasteiger partial charge in [-0.3, -0.25) is 9.69 Å². The van der Waals surface area contributed by atoms with E-state index in [-0.39, 0.29) is 17.4 Å². The Labute approximate surface area is 162 Å². The molecule has 27 heavy (non-hydrogen) atoms. The van der Waals surface area contributed by atoms with Crippen molar-refractivity contribution in [3.8, 4) is 0 Å². The van der Waals surface area contributed by atoms with Crippen LogP contribution < -0.4 is 5.73 Å². The van der Waals surface area contributed by atoms with Crippen LogP contribution in [0.2, 0.25) is 0 Å². The van der Waals surface area contributed by atoms with Crippen LogP contribution in [0.5, 0.6) is 0 Å². The highest BCUT2D eigenvalue weighted by atomic mass is 16.5. The maximum Gasteiger partial charge on any atom is 0.262 e. The van der Waals surface area contributed by atoms with E-state index in [9.17, 15) is 4.79 Å². The number of methoxy groups -OCH3 is 1. The smallest absolute Gasteiger partial charge is 0.262 e. The van der Waals surface area contributed by atoms with Gasteiger partial charge in [0.2, 0.25) is 0 Å². The zero-order valence-electron chi connectivity index (χ0n) is 16.9. The monoisotopic (exact) mass is 369 g/mol. The number of likely N-dealkylation sites (N-methyl/N-ethyl adjacent to an activating group) is 1. The molecular formula is C22H31N3O2. The molecule has 1 aliphatic heterocycles. The van der Waals surface area contributed by atoms with E-state index in [1.54, 1.807) is 19.1 Å². The summed E-state index contributed by atoms with van der Waals surface area (Å²) in [6.07, 6.45) is 6.01. The van der Waals surface area contributed by atoms with Crippen molar-refractivity contribution in [1.29, 1.82) is 0 Å². The number of ether oxygens (including phenoxy) is 1. The Balaban J connectivity index is 1.84. The first-order valence-electron chi connectivity index (χ1n) is 10.1. The molecule has 1 atom stereocenters. The van der Waals surface area contributed by atoms with Gasteiger partial charge < -0.3 is 10.5 Å². The second kappa shape index (κ2) is 6.33. The number of rotatable bonds is 3. The summed E-state index contributed by atoms with van der Waals surface area (Å²) >= 11 is 0. The fraction of sp³-hybridized carbons (Fsp3) is 0.636. The van der Waals surface area contributed by atoms with E-state index in [0.29, 0.717) is 11.9 Å². The lowest BCUT2D eigenvalue weighted by Gasteiger charge is -2.45. The minimum atomic E-state index is -0.854. The number of carbonyl (C=O) groups excluding carboxylic acids is 1. The molecule has 0 bridgehead atoms. The Morgan fingerprint density at radius 3 is 2.59 bits per heavy atom. The van der Waals surface area contributed by atoms with Crippen molar-refractivity contribution in [3.63, 3.8) is 0 Å². The summed E-state index contributed by atoms with van der Waals surface area (Å²) in [6.45, 7) is 4.45. The summed E-state index contributed by atoms with van der Waals surface area (Å²) in [4.78, 5) is 20.0. The minimum Gasteiger partial charge on any atom is -0.381 e. The Morgan fingerprint density at radius 2 is 2.04 bits per heavy atom. The molecule has 2 N–H and O–H groups in total. The van der Waals surface area contributed by atoms with Gasteiger partial charge >= 0.3 is 0 Å². The molecule has 3 aliphatic rings. The Bertz CT molecular complexity index is 793. The summed E-state index contributed by atoms with van der Waals surface area (Å²) in [7, 11) is 3.53. The second-order valence-corrected chi connectivity index (χ2v) is 9.03.